The summed E-state index contributed by atoms with van der Waals surface area (Å²) in [6.45, 7) is 5.85. The van der Waals surface area contributed by atoms with Crippen LogP contribution in [0.1, 0.15) is 25.3 Å². The Morgan fingerprint density at radius 3 is 2.79 bits per heavy atom. The van der Waals surface area contributed by atoms with Crippen LogP contribution in [0.15, 0.2) is 23.3 Å². The number of nitrogens with one attached hydrogen (secondary N) is 1. The fourth-order valence-corrected chi connectivity index (χ4v) is 2.15. The number of hydrogen-bond acceptors (Lipinski definition) is 3. The lowest BCUT2D eigenvalue weighted by Gasteiger charge is -2.20. The molecular formula is C14H22N4O. The predicted octanol–water partition coefficient (Wildman–Crippen LogP) is 1.65. The fourth-order valence-electron chi connectivity index (χ4n) is 2.15. The molecule has 2 rings (SSSR count). The molecule has 1 aromatic heterocycles. The van der Waals surface area contributed by atoms with Crippen molar-refractivity contribution < 1.29 is 4.74 Å². The van der Waals surface area contributed by atoms with Crippen molar-refractivity contribution >= 4 is 5.96 Å². The molecular weight excluding hydrogens is 240 g/mol. The average molecular weight is 262 g/mol. The summed E-state index contributed by atoms with van der Waals surface area (Å²) in [5.41, 5.74) is 1.09. The molecule has 0 aromatic carbocycles. The normalized spacial score (nSPS) is 15.7. The highest BCUT2D eigenvalue weighted by Gasteiger charge is 2.15. The summed E-state index contributed by atoms with van der Waals surface area (Å²) in [5, 5.41) is 3.35. The van der Waals surface area contributed by atoms with Gasteiger partial charge in [-0.15, -0.1) is 0 Å². The molecule has 1 N–H and O–H groups in total. The maximum Gasteiger partial charge on any atom is 0.212 e. The number of pyridine rings is 1. The highest BCUT2D eigenvalue weighted by Crippen LogP contribution is 2.10. The lowest BCUT2D eigenvalue weighted by atomic mass is 10.3. The molecule has 0 spiro atoms. The van der Waals surface area contributed by atoms with Crippen LogP contribution in [0.3, 0.4) is 0 Å². The minimum atomic E-state index is 0.638. The Bertz CT molecular complexity index is 410. The molecule has 0 radical (unpaired) electrons. The number of guanidine groups is 1. The minimum Gasteiger partial charge on any atom is -0.481 e. The fraction of sp³-hybridized carbons (Fsp3) is 0.571. The first-order valence-corrected chi connectivity index (χ1v) is 6.85. The van der Waals surface area contributed by atoms with E-state index in [0.29, 0.717) is 12.4 Å². The zero-order valence-electron chi connectivity index (χ0n) is 11.7. The van der Waals surface area contributed by atoms with E-state index in [1.54, 1.807) is 7.11 Å². The van der Waals surface area contributed by atoms with Gasteiger partial charge in [-0.05, 0) is 25.3 Å². The topological polar surface area (TPSA) is 49.8 Å². The summed E-state index contributed by atoms with van der Waals surface area (Å²) >= 11 is 0. The van der Waals surface area contributed by atoms with Crippen molar-refractivity contribution in [2.75, 3.05) is 26.7 Å². The maximum atomic E-state index is 5.05. The highest BCUT2D eigenvalue weighted by molar-refractivity contribution is 5.80. The minimum absolute atomic E-state index is 0.638. The first-order chi connectivity index (χ1) is 9.33. The molecule has 1 fully saturated rings. The SMILES string of the molecule is CCNC(=NCc1ccc(OC)nc1)N1CCCC1. The van der Waals surface area contributed by atoms with Crippen LogP contribution in [-0.2, 0) is 6.54 Å². The Morgan fingerprint density at radius 1 is 1.42 bits per heavy atom. The van der Waals surface area contributed by atoms with Gasteiger partial charge in [0.15, 0.2) is 5.96 Å². The molecule has 1 saturated heterocycles. The largest absolute Gasteiger partial charge is 0.481 e. The first kappa shape index (κ1) is 13.6. The lowest BCUT2D eigenvalue weighted by Crippen LogP contribution is -2.39. The van der Waals surface area contributed by atoms with Gasteiger partial charge in [0, 0.05) is 31.9 Å². The lowest BCUT2D eigenvalue weighted by molar-refractivity contribution is 0.397. The van der Waals surface area contributed by atoms with Gasteiger partial charge in [0.1, 0.15) is 0 Å². The van der Waals surface area contributed by atoms with Crippen LogP contribution < -0.4 is 10.1 Å². The summed E-state index contributed by atoms with van der Waals surface area (Å²) < 4.78 is 5.05. The predicted molar refractivity (Wildman–Crippen MR) is 76.4 cm³/mol. The Hall–Kier alpha value is -1.78. The van der Waals surface area contributed by atoms with E-state index in [4.69, 9.17) is 4.74 Å². The molecule has 1 aliphatic heterocycles. The van der Waals surface area contributed by atoms with Crippen molar-refractivity contribution in [3.63, 3.8) is 0 Å². The third-order valence-electron chi connectivity index (χ3n) is 3.16. The second kappa shape index (κ2) is 6.97. The van der Waals surface area contributed by atoms with Crippen molar-refractivity contribution in [2.24, 2.45) is 4.99 Å². The van der Waals surface area contributed by atoms with Gasteiger partial charge in [-0.25, -0.2) is 9.98 Å². The Balaban J connectivity index is 1.99. The van der Waals surface area contributed by atoms with Crippen molar-refractivity contribution in [1.29, 1.82) is 0 Å². The second-order valence-corrected chi connectivity index (χ2v) is 4.57. The standard InChI is InChI=1S/C14H22N4O/c1-3-15-14(18-8-4-5-9-18)17-11-12-6-7-13(19-2)16-10-12/h6-7,10H,3-5,8-9,11H2,1-2H3,(H,15,17). The third kappa shape index (κ3) is 3.84. The third-order valence-corrected chi connectivity index (χ3v) is 3.16. The van der Waals surface area contributed by atoms with Gasteiger partial charge in [-0.2, -0.15) is 0 Å². The summed E-state index contributed by atoms with van der Waals surface area (Å²) in [6, 6.07) is 3.87. The van der Waals surface area contributed by atoms with Gasteiger partial charge >= 0.3 is 0 Å². The summed E-state index contributed by atoms with van der Waals surface area (Å²) in [7, 11) is 1.62. The molecule has 1 aliphatic rings. The molecule has 19 heavy (non-hydrogen) atoms. The Kier molecular flexibility index (Phi) is 5.01. The number of nitrogens with zero attached hydrogens (tertiary/aromatic N) is 3. The number of ether oxygens (including phenoxy) is 1. The summed E-state index contributed by atoms with van der Waals surface area (Å²) in [4.78, 5) is 11.2. The van der Waals surface area contributed by atoms with E-state index >= 15 is 0 Å². The molecule has 0 bridgehead atoms. The van der Waals surface area contributed by atoms with Crippen molar-refractivity contribution in [2.45, 2.75) is 26.3 Å². The van der Waals surface area contributed by atoms with Crippen LogP contribution in [0.25, 0.3) is 0 Å². The Labute approximate surface area is 114 Å². The van der Waals surface area contributed by atoms with E-state index in [1.807, 2.05) is 18.3 Å². The zero-order chi connectivity index (χ0) is 13.5. The Morgan fingerprint density at radius 2 is 2.21 bits per heavy atom. The van der Waals surface area contributed by atoms with E-state index in [-0.39, 0.29) is 0 Å². The number of aromatic nitrogens is 1. The highest BCUT2D eigenvalue weighted by atomic mass is 16.5. The quantitative estimate of drug-likeness (QED) is 0.662. The molecule has 0 aliphatic carbocycles. The van der Waals surface area contributed by atoms with E-state index in [9.17, 15) is 0 Å². The monoisotopic (exact) mass is 262 g/mol. The molecule has 0 atom stereocenters. The van der Waals surface area contributed by atoms with E-state index in [2.05, 4.69) is 27.1 Å². The van der Waals surface area contributed by atoms with Crippen molar-refractivity contribution in [3.05, 3.63) is 23.9 Å². The van der Waals surface area contributed by atoms with Crippen molar-refractivity contribution in [1.82, 2.24) is 15.2 Å². The van der Waals surface area contributed by atoms with Crippen LogP contribution >= 0.6 is 0 Å². The van der Waals surface area contributed by atoms with Crippen LogP contribution in [0.2, 0.25) is 0 Å². The van der Waals surface area contributed by atoms with E-state index < -0.39 is 0 Å². The molecule has 104 valence electrons. The summed E-state index contributed by atoms with van der Waals surface area (Å²) in [6.07, 6.45) is 4.33. The average Bonchev–Trinajstić information content (AvgIpc) is 2.98. The van der Waals surface area contributed by atoms with E-state index in [1.165, 1.54) is 12.8 Å². The molecule has 0 amide bonds. The first-order valence-electron chi connectivity index (χ1n) is 6.85. The van der Waals surface area contributed by atoms with Gasteiger partial charge in [-0.3, -0.25) is 0 Å². The van der Waals surface area contributed by atoms with Gasteiger partial charge in [0.2, 0.25) is 5.88 Å². The van der Waals surface area contributed by atoms with Crippen LogP contribution in [0.5, 0.6) is 5.88 Å². The maximum absolute atomic E-state index is 5.05. The second-order valence-electron chi connectivity index (χ2n) is 4.57. The van der Waals surface area contributed by atoms with Crippen molar-refractivity contribution in [3.8, 4) is 5.88 Å². The van der Waals surface area contributed by atoms with Crippen LogP contribution in [0, 0.1) is 0 Å². The smallest absolute Gasteiger partial charge is 0.212 e. The van der Waals surface area contributed by atoms with Gasteiger partial charge in [-0.1, -0.05) is 6.07 Å². The number of rotatable bonds is 4. The van der Waals surface area contributed by atoms with Gasteiger partial charge in [0.05, 0.1) is 13.7 Å². The van der Waals surface area contributed by atoms with E-state index in [0.717, 1.165) is 31.2 Å². The number of likely N-dealkylation sites (tertiary alicyclic amines) is 1. The molecule has 5 heteroatoms. The zero-order valence-corrected chi connectivity index (χ0v) is 11.7. The molecule has 2 heterocycles. The van der Waals surface area contributed by atoms with Gasteiger partial charge in [0.25, 0.3) is 0 Å². The molecule has 5 nitrogen and oxygen atoms in total. The number of hydrogen-bond donors (Lipinski definition) is 1. The number of methoxy groups -OCH3 is 1. The van der Waals surface area contributed by atoms with Crippen LogP contribution in [0.4, 0.5) is 0 Å². The summed E-state index contributed by atoms with van der Waals surface area (Å²) in [5.74, 6) is 1.65. The molecule has 1 aromatic rings. The number of aliphatic imine (C=N–C) groups is 1. The van der Waals surface area contributed by atoms with Gasteiger partial charge < -0.3 is 15.0 Å². The molecule has 0 saturated carbocycles. The molecule has 0 unspecified atom stereocenters. The van der Waals surface area contributed by atoms with Crippen LogP contribution in [-0.4, -0.2) is 42.6 Å².